The largest absolute Gasteiger partial charge is 0.497 e. The first-order valence-electron chi connectivity index (χ1n) is 10.3. The number of hydrogen-bond acceptors (Lipinski definition) is 6. The Balaban J connectivity index is 1.68. The van der Waals surface area contributed by atoms with Gasteiger partial charge in [0.15, 0.2) is 5.88 Å². The molecule has 0 amide bonds. The predicted octanol–water partition coefficient (Wildman–Crippen LogP) is 5.35. The van der Waals surface area contributed by atoms with Crippen LogP contribution in [-0.2, 0) is 0 Å². The molecule has 3 aromatic carbocycles. The third kappa shape index (κ3) is 3.86. The van der Waals surface area contributed by atoms with Gasteiger partial charge in [0, 0.05) is 28.6 Å². The van der Waals surface area contributed by atoms with Crippen LogP contribution in [0.15, 0.2) is 84.2 Å². The fourth-order valence-corrected chi connectivity index (χ4v) is 3.79. The molecule has 0 saturated carbocycles. The second kappa shape index (κ2) is 8.55. The zero-order chi connectivity index (χ0) is 23.7. The van der Waals surface area contributed by atoms with Crippen molar-refractivity contribution in [1.29, 1.82) is 0 Å². The summed E-state index contributed by atoms with van der Waals surface area (Å²) in [6.07, 6.45) is 3.35. The average molecular weight is 453 g/mol. The molecule has 0 atom stereocenters. The second-order valence-corrected chi connectivity index (χ2v) is 7.54. The summed E-state index contributed by atoms with van der Waals surface area (Å²) in [7, 11) is 1.58. The van der Waals surface area contributed by atoms with E-state index < -0.39 is 4.92 Å². The zero-order valence-corrected chi connectivity index (χ0v) is 18.0. The molecule has 0 bridgehead atoms. The normalized spacial score (nSPS) is 11.6. The van der Waals surface area contributed by atoms with Gasteiger partial charge in [0.2, 0.25) is 0 Å². The topological polar surface area (TPSA) is 129 Å². The standard InChI is InChI=1S/C25H19N5O4/c1-34-19-9-4-16(5-10-19)24(28-17-6-2-15(3-7-17)22-13-26-14-27-22)23-20-12-18(30(32)33)8-11-21(20)29-25(23)31/h2-14,29,31H,1H3,(H,26,27). The number of non-ortho nitro benzene ring substituents is 1. The van der Waals surface area contributed by atoms with Gasteiger partial charge in [-0.05, 0) is 48.0 Å². The number of imidazole rings is 1. The molecule has 5 rings (SSSR count). The zero-order valence-electron chi connectivity index (χ0n) is 18.0. The lowest BCUT2D eigenvalue weighted by molar-refractivity contribution is -0.384. The summed E-state index contributed by atoms with van der Waals surface area (Å²) in [6, 6.07) is 19.2. The lowest BCUT2D eigenvalue weighted by atomic mass is 10.00. The van der Waals surface area contributed by atoms with Crippen LogP contribution >= 0.6 is 0 Å². The molecule has 34 heavy (non-hydrogen) atoms. The Bertz CT molecular complexity index is 1500. The molecule has 2 heterocycles. The molecule has 5 aromatic rings. The molecule has 0 aliphatic carbocycles. The molecule has 0 radical (unpaired) electrons. The minimum Gasteiger partial charge on any atom is -0.497 e. The van der Waals surface area contributed by atoms with Gasteiger partial charge in [-0.1, -0.05) is 12.1 Å². The van der Waals surface area contributed by atoms with Crippen molar-refractivity contribution in [2.75, 3.05) is 7.11 Å². The lowest BCUT2D eigenvalue weighted by Crippen LogP contribution is -2.03. The van der Waals surface area contributed by atoms with E-state index in [2.05, 4.69) is 15.0 Å². The highest BCUT2D eigenvalue weighted by atomic mass is 16.6. The first-order chi connectivity index (χ1) is 16.5. The second-order valence-electron chi connectivity index (χ2n) is 7.54. The summed E-state index contributed by atoms with van der Waals surface area (Å²) in [6.45, 7) is 0. The molecule has 0 aliphatic heterocycles. The number of hydrogen-bond donors (Lipinski definition) is 3. The average Bonchev–Trinajstić information content (AvgIpc) is 3.50. The fraction of sp³-hybridized carbons (Fsp3) is 0.0400. The van der Waals surface area contributed by atoms with Gasteiger partial charge in [0.1, 0.15) is 5.75 Å². The van der Waals surface area contributed by atoms with Crippen molar-refractivity contribution in [2.24, 2.45) is 4.99 Å². The Kier molecular flexibility index (Phi) is 5.27. The number of nitrogens with zero attached hydrogens (tertiary/aromatic N) is 3. The number of benzene rings is 3. The van der Waals surface area contributed by atoms with Crippen molar-refractivity contribution in [3.05, 3.63) is 100 Å². The van der Waals surface area contributed by atoms with E-state index in [1.165, 1.54) is 12.1 Å². The van der Waals surface area contributed by atoms with Gasteiger partial charge in [0.25, 0.3) is 5.69 Å². The van der Waals surface area contributed by atoms with Gasteiger partial charge in [-0.25, -0.2) is 9.98 Å². The third-order valence-corrected chi connectivity index (χ3v) is 5.49. The summed E-state index contributed by atoms with van der Waals surface area (Å²) in [4.78, 5) is 25.7. The van der Waals surface area contributed by atoms with E-state index in [-0.39, 0.29) is 11.6 Å². The van der Waals surface area contributed by atoms with Crippen molar-refractivity contribution in [2.45, 2.75) is 0 Å². The Morgan fingerprint density at radius 1 is 1.09 bits per heavy atom. The van der Waals surface area contributed by atoms with Crippen molar-refractivity contribution >= 4 is 28.0 Å². The van der Waals surface area contributed by atoms with Crippen molar-refractivity contribution < 1.29 is 14.8 Å². The first kappa shape index (κ1) is 21.0. The molecule has 0 saturated heterocycles. The SMILES string of the molecule is COc1ccc(C(=Nc2ccc(-c3cnc[nH]3)cc2)c2c(O)[nH]c3ccc([N+](=O)[O-])cc23)cc1. The number of ether oxygens (including phenoxy) is 1. The number of nitrogens with one attached hydrogen (secondary N) is 2. The maximum absolute atomic E-state index is 11.4. The lowest BCUT2D eigenvalue weighted by Gasteiger charge is -2.09. The minimum absolute atomic E-state index is 0.0780. The van der Waals surface area contributed by atoms with Crippen molar-refractivity contribution in [1.82, 2.24) is 15.0 Å². The summed E-state index contributed by atoms with van der Waals surface area (Å²) < 4.78 is 5.26. The highest BCUT2D eigenvalue weighted by Crippen LogP contribution is 2.34. The summed E-state index contributed by atoms with van der Waals surface area (Å²) in [5.41, 5.74) is 4.51. The molecular formula is C25H19N5O4. The van der Waals surface area contributed by atoms with Crippen molar-refractivity contribution in [3.8, 4) is 22.9 Å². The highest BCUT2D eigenvalue weighted by Gasteiger charge is 2.21. The van der Waals surface area contributed by atoms with Gasteiger partial charge < -0.3 is 19.8 Å². The van der Waals surface area contributed by atoms with Crippen LogP contribution in [0, 0.1) is 10.1 Å². The maximum atomic E-state index is 11.4. The molecule has 0 spiro atoms. The highest BCUT2D eigenvalue weighted by molar-refractivity contribution is 6.22. The summed E-state index contributed by atoms with van der Waals surface area (Å²) in [5, 5.41) is 22.7. The van der Waals surface area contributed by atoms with E-state index in [9.17, 15) is 15.2 Å². The number of aromatic nitrogens is 3. The first-order valence-corrected chi connectivity index (χ1v) is 10.3. The van der Waals surface area contributed by atoms with E-state index >= 15 is 0 Å². The van der Waals surface area contributed by atoms with E-state index in [4.69, 9.17) is 9.73 Å². The monoisotopic (exact) mass is 453 g/mol. The van der Waals surface area contributed by atoms with Crippen LogP contribution in [0.5, 0.6) is 11.6 Å². The smallest absolute Gasteiger partial charge is 0.270 e. The third-order valence-electron chi connectivity index (χ3n) is 5.49. The predicted molar refractivity (Wildman–Crippen MR) is 129 cm³/mol. The number of aromatic hydroxyl groups is 1. The van der Waals surface area contributed by atoms with E-state index in [0.29, 0.717) is 39.2 Å². The fourth-order valence-electron chi connectivity index (χ4n) is 3.79. The van der Waals surface area contributed by atoms with Gasteiger partial charge in [0.05, 0.1) is 47.2 Å². The van der Waals surface area contributed by atoms with Crippen molar-refractivity contribution in [3.63, 3.8) is 0 Å². The van der Waals surface area contributed by atoms with Crippen LogP contribution in [0.2, 0.25) is 0 Å². The van der Waals surface area contributed by atoms with E-state index in [1.54, 1.807) is 37.8 Å². The maximum Gasteiger partial charge on any atom is 0.270 e. The molecule has 9 nitrogen and oxygen atoms in total. The molecule has 0 fully saturated rings. The number of nitro benzene ring substituents is 1. The number of aliphatic imine (C=N–C) groups is 1. The molecule has 9 heteroatoms. The van der Waals surface area contributed by atoms with Crippen LogP contribution in [0.4, 0.5) is 11.4 Å². The van der Waals surface area contributed by atoms with Crippen LogP contribution in [-0.4, -0.2) is 37.8 Å². The Labute approximate surface area is 193 Å². The number of rotatable bonds is 6. The van der Waals surface area contributed by atoms with Gasteiger partial charge >= 0.3 is 0 Å². The summed E-state index contributed by atoms with van der Waals surface area (Å²) in [5.74, 6) is 0.546. The van der Waals surface area contributed by atoms with Crippen LogP contribution in [0.25, 0.3) is 22.2 Å². The van der Waals surface area contributed by atoms with Crippen LogP contribution < -0.4 is 4.74 Å². The van der Waals surface area contributed by atoms with Gasteiger partial charge in [-0.2, -0.15) is 0 Å². The molecule has 0 aliphatic rings. The Hall–Kier alpha value is -4.92. The Morgan fingerprint density at radius 2 is 1.85 bits per heavy atom. The van der Waals surface area contributed by atoms with E-state index in [0.717, 1.165) is 11.3 Å². The number of aromatic amines is 2. The van der Waals surface area contributed by atoms with Gasteiger partial charge in [-0.15, -0.1) is 0 Å². The minimum atomic E-state index is -0.467. The Morgan fingerprint density at radius 3 is 2.50 bits per heavy atom. The molecule has 0 unspecified atom stereocenters. The molecular weight excluding hydrogens is 434 g/mol. The van der Waals surface area contributed by atoms with Crippen LogP contribution in [0.3, 0.4) is 0 Å². The number of methoxy groups -OCH3 is 1. The quantitative estimate of drug-likeness (QED) is 0.181. The summed E-state index contributed by atoms with van der Waals surface area (Å²) >= 11 is 0. The molecule has 168 valence electrons. The number of nitro groups is 1. The number of H-pyrrole nitrogens is 2. The molecule has 3 N–H and O–H groups in total. The number of fused-ring (bicyclic) bond motifs is 1. The van der Waals surface area contributed by atoms with E-state index in [1.807, 2.05) is 36.4 Å². The van der Waals surface area contributed by atoms with Gasteiger partial charge in [-0.3, -0.25) is 10.1 Å². The molecule has 2 aromatic heterocycles. The van der Waals surface area contributed by atoms with Crippen LogP contribution in [0.1, 0.15) is 11.1 Å².